The van der Waals surface area contributed by atoms with Crippen molar-refractivity contribution in [1.82, 2.24) is 0 Å². The lowest BCUT2D eigenvalue weighted by molar-refractivity contribution is 0.482. The van der Waals surface area contributed by atoms with Crippen LogP contribution in [-0.4, -0.2) is 0 Å². The van der Waals surface area contributed by atoms with E-state index in [0.29, 0.717) is 5.69 Å². The number of aryl methyl sites for hydroxylation is 2. The minimum atomic E-state index is 0.708. The van der Waals surface area contributed by atoms with Gasteiger partial charge in [0.05, 0.1) is 0 Å². The molecule has 0 aliphatic rings. The highest BCUT2D eigenvalue weighted by Crippen LogP contribution is 2.23. The number of nitrogen functional groups attached to an aromatic ring is 1. The summed E-state index contributed by atoms with van der Waals surface area (Å²) < 4.78 is 5.81. The zero-order chi connectivity index (χ0) is 15.9. The Hall–Kier alpha value is -2.74. The Bertz CT molecular complexity index is 735. The fourth-order valence-corrected chi connectivity index (χ4v) is 2.58. The normalized spacial score (nSPS) is 10.4. The van der Waals surface area contributed by atoms with Crippen LogP contribution in [0.15, 0.2) is 78.9 Å². The monoisotopic (exact) mass is 303 g/mol. The van der Waals surface area contributed by atoms with Gasteiger partial charge in [0.1, 0.15) is 11.5 Å². The predicted octanol–water partition coefficient (Wildman–Crippen LogP) is 5.24. The van der Waals surface area contributed by atoms with Crippen molar-refractivity contribution in [3.8, 4) is 11.5 Å². The lowest BCUT2D eigenvalue weighted by Gasteiger charge is -2.07. The summed E-state index contributed by atoms with van der Waals surface area (Å²) in [5, 5.41) is 0. The van der Waals surface area contributed by atoms with Crippen LogP contribution in [0.4, 0.5) is 5.69 Å². The van der Waals surface area contributed by atoms with Gasteiger partial charge in [0.25, 0.3) is 0 Å². The maximum Gasteiger partial charge on any atom is 0.129 e. The average Bonchev–Trinajstić information content (AvgIpc) is 2.58. The predicted molar refractivity (Wildman–Crippen MR) is 95.8 cm³/mol. The Labute approximate surface area is 137 Å². The highest BCUT2D eigenvalue weighted by Gasteiger charge is 1.99. The highest BCUT2D eigenvalue weighted by molar-refractivity contribution is 5.45. The van der Waals surface area contributed by atoms with Crippen LogP contribution in [0.5, 0.6) is 11.5 Å². The molecule has 0 fully saturated rings. The van der Waals surface area contributed by atoms with E-state index in [2.05, 4.69) is 42.5 Å². The third-order valence-corrected chi connectivity index (χ3v) is 3.79. The van der Waals surface area contributed by atoms with Crippen molar-refractivity contribution in [2.45, 2.75) is 19.3 Å². The van der Waals surface area contributed by atoms with Crippen LogP contribution in [-0.2, 0) is 12.8 Å². The second-order valence-electron chi connectivity index (χ2n) is 5.66. The minimum Gasteiger partial charge on any atom is -0.457 e. The number of hydrogen-bond donors (Lipinski definition) is 1. The number of rotatable bonds is 6. The van der Waals surface area contributed by atoms with Crippen LogP contribution < -0.4 is 10.5 Å². The minimum absolute atomic E-state index is 0.708. The summed E-state index contributed by atoms with van der Waals surface area (Å²) in [6.07, 6.45) is 3.34. The van der Waals surface area contributed by atoms with Crippen molar-refractivity contribution in [1.29, 1.82) is 0 Å². The first kappa shape index (κ1) is 15.2. The van der Waals surface area contributed by atoms with Crippen molar-refractivity contribution in [2.24, 2.45) is 0 Å². The molecule has 2 heteroatoms. The van der Waals surface area contributed by atoms with Gasteiger partial charge in [-0.25, -0.2) is 0 Å². The Kier molecular flexibility index (Phi) is 4.95. The molecule has 0 aliphatic carbocycles. The summed E-state index contributed by atoms with van der Waals surface area (Å²) in [7, 11) is 0. The fraction of sp³-hybridized carbons (Fsp3) is 0.143. The third-order valence-electron chi connectivity index (χ3n) is 3.79. The van der Waals surface area contributed by atoms with Crippen LogP contribution in [0.1, 0.15) is 17.5 Å². The molecule has 0 aliphatic heterocycles. The smallest absolute Gasteiger partial charge is 0.129 e. The standard InChI is InChI=1S/C21H21NO/c22-19-10-5-11-21(16-19)23-20-14-12-18(13-15-20)9-4-8-17-6-2-1-3-7-17/h1-3,5-7,10-16H,4,8-9,22H2. The summed E-state index contributed by atoms with van der Waals surface area (Å²) in [4.78, 5) is 0. The SMILES string of the molecule is Nc1cccc(Oc2ccc(CCCc3ccccc3)cc2)c1. The molecule has 0 saturated carbocycles. The number of hydrogen-bond acceptors (Lipinski definition) is 2. The third kappa shape index (κ3) is 4.62. The highest BCUT2D eigenvalue weighted by atomic mass is 16.5. The maximum atomic E-state index is 5.81. The summed E-state index contributed by atoms with van der Waals surface area (Å²) in [5.74, 6) is 1.60. The Morgan fingerprint density at radius 1 is 0.652 bits per heavy atom. The van der Waals surface area contributed by atoms with Gasteiger partial charge in [0, 0.05) is 11.8 Å². The summed E-state index contributed by atoms with van der Waals surface area (Å²) >= 11 is 0. The van der Waals surface area contributed by atoms with Gasteiger partial charge in [-0.05, 0) is 54.7 Å². The molecule has 0 bridgehead atoms. The molecule has 3 aromatic rings. The van der Waals surface area contributed by atoms with Gasteiger partial charge < -0.3 is 10.5 Å². The van der Waals surface area contributed by atoms with Crippen molar-refractivity contribution >= 4 is 5.69 Å². The van der Waals surface area contributed by atoms with Gasteiger partial charge >= 0.3 is 0 Å². The second-order valence-corrected chi connectivity index (χ2v) is 5.66. The van der Waals surface area contributed by atoms with E-state index in [1.807, 2.05) is 36.4 Å². The van der Waals surface area contributed by atoms with E-state index in [9.17, 15) is 0 Å². The van der Waals surface area contributed by atoms with Gasteiger partial charge in [-0.15, -0.1) is 0 Å². The van der Waals surface area contributed by atoms with E-state index in [1.165, 1.54) is 11.1 Å². The van der Waals surface area contributed by atoms with Crippen molar-refractivity contribution in [2.75, 3.05) is 5.73 Å². The Morgan fingerprint density at radius 3 is 2.04 bits per heavy atom. The van der Waals surface area contributed by atoms with Gasteiger partial charge in [-0.1, -0.05) is 48.5 Å². The molecular weight excluding hydrogens is 282 g/mol. The van der Waals surface area contributed by atoms with Crippen molar-refractivity contribution in [3.63, 3.8) is 0 Å². The Balaban J connectivity index is 1.53. The molecular formula is C21H21NO. The van der Waals surface area contributed by atoms with Crippen LogP contribution in [0.2, 0.25) is 0 Å². The molecule has 0 unspecified atom stereocenters. The zero-order valence-corrected chi connectivity index (χ0v) is 13.1. The Morgan fingerprint density at radius 2 is 1.35 bits per heavy atom. The molecule has 0 amide bonds. The summed E-state index contributed by atoms with van der Waals surface area (Å²) in [6, 6.07) is 26.4. The van der Waals surface area contributed by atoms with E-state index in [4.69, 9.17) is 10.5 Å². The summed E-state index contributed by atoms with van der Waals surface area (Å²) in [6.45, 7) is 0. The lowest BCUT2D eigenvalue weighted by atomic mass is 10.0. The first-order valence-corrected chi connectivity index (χ1v) is 7.96. The first-order valence-electron chi connectivity index (χ1n) is 7.96. The molecule has 23 heavy (non-hydrogen) atoms. The molecule has 3 rings (SSSR count). The zero-order valence-electron chi connectivity index (χ0n) is 13.1. The molecule has 0 aromatic heterocycles. The van der Waals surface area contributed by atoms with Gasteiger partial charge in [-0.3, -0.25) is 0 Å². The van der Waals surface area contributed by atoms with Gasteiger partial charge in [-0.2, -0.15) is 0 Å². The molecule has 116 valence electrons. The van der Waals surface area contributed by atoms with Crippen LogP contribution in [0.25, 0.3) is 0 Å². The molecule has 0 atom stereocenters. The summed E-state index contributed by atoms with van der Waals surface area (Å²) in [5.41, 5.74) is 9.20. The molecule has 0 saturated heterocycles. The van der Waals surface area contributed by atoms with Gasteiger partial charge in [0.2, 0.25) is 0 Å². The van der Waals surface area contributed by atoms with Crippen LogP contribution >= 0.6 is 0 Å². The molecule has 0 spiro atoms. The quantitative estimate of drug-likeness (QED) is 0.632. The van der Waals surface area contributed by atoms with Crippen molar-refractivity contribution < 1.29 is 4.74 Å². The first-order chi connectivity index (χ1) is 11.3. The van der Waals surface area contributed by atoms with E-state index >= 15 is 0 Å². The molecule has 2 N–H and O–H groups in total. The van der Waals surface area contributed by atoms with E-state index in [0.717, 1.165) is 30.8 Å². The fourth-order valence-electron chi connectivity index (χ4n) is 2.58. The van der Waals surface area contributed by atoms with E-state index in [1.54, 1.807) is 0 Å². The molecule has 3 aromatic carbocycles. The van der Waals surface area contributed by atoms with Crippen molar-refractivity contribution in [3.05, 3.63) is 90.0 Å². The molecule has 0 heterocycles. The maximum absolute atomic E-state index is 5.81. The number of ether oxygens (including phenoxy) is 1. The van der Waals surface area contributed by atoms with Crippen LogP contribution in [0.3, 0.4) is 0 Å². The van der Waals surface area contributed by atoms with E-state index in [-0.39, 0.29) is 0 Å². The lowest BCUT2D eigenvalue weighted by Crippen LogP contribution is -1.91. The van der Waals surface area contributed by atoms with Crippen LogP contribution in [0, 0.1) is 0 Å². The topological polar surface area (TPSA) is 35.2 Å². The average molecular weight is 303 g/mol. The number of nitrogens with two attached hydrogens (primary N) is 1. The second kappa shape index (κ2) is 7.50. The molecule has 2 nitrogen and oxygen atoms in total. The number of anilines is 1. The largest absolute Gasteiger partial charge is 0.457 e. The van der Waals surface area contributed by atoms with E-state index < -0.39 is 0 Å². The molecule has 0 radical (unpaired) electrons. The number of benzene rings is 3. The van der Waals surface area contributed by atoms with Gasteiger partial charge in [0.15, 0.2) is 0 Å².